The summed E-state index contributed by atoms with van der Waals surface area (Å²) < 4.78 is 27.6. The highest BCUT2D eigenvalue weighted by Gasteiger charge is 2.29. The van der Waals surface area contributed by atoms with Crippen molar-refractivity contribution in [1.82, 2.24) is 14.5 Å². The summed E-state index contributed by atoms with van der Waals surface area (Å²) in [5.41, 5.74) is 0. The minimum atomic E-state index is -3.88. The first-order chi connectivity index (χ1) is 8.29. The van der Waals surface area contributed by atoms with Crippen molar-refractivity contribution in [2.45, 2.75) is 38.4 Å². The zero-order valence-corrected chi connectivity index (χ0v) is 11.3. The van der Waals surface area contributed by atoms with Crippen LogP contribution in [0.25, 0.3) is 0 Å². The van der Waals surface area contributed by atoms with E-state index in [4.69, 9.17) is 5.11 Å². The Balaban J connectivity index is 3.05. The van der Waals surface area contributed by atoms with E-state index in [0.717, 1.165) is 0 Å². The van der Waals surface area contributed by atoms with Crippen molar-refractivity contribution >= 4 is 16.0 Å². The highest BCUT2D eigenvalue weighted by Crippen LogP contribution is 2.11. The van der Waals surface area contributed by atoms with E-state index in [1.807, 2.05) is 0 Å². The first kappa shape index (κ1) is 14.7. The number of sulfonamides is 1. The normalized spacial score (nSPS) is 13.8. The number of nitrogens with one attached hydrogen (secondary N) is 1. The maximum Gasteiger partial charge on any atom is 0.322 e. The van der Waals surface area contributed by atoms with E-state index < -0.39 is 22.0 Å². The quantitative estimate of drug-likeness (QED) is 0.777. The van der Waals surface area contributed by atoms with Gasteiger partial charge in [0, 0.05) is 6.54 Å². The molecule has 0 bridgehead atoms. The molecule has 8 heteroatoms. The number of hydrogen-bond acceptors (Lipinski definition) is 4. The first-order valence-corrected chi connectivity index (χ1v) is 7.05. The molecule has 1 heterocycles. The monoisotopic (exact) mass is 275 g/mol. The molecule has 18 heavy (non-hydrogen) atoms. The average Bonchev–Trinajstić information content (AvgIpc) is 2.73. The van der Waals surface area contributed by atoms with Crippen LogP contribution in [0.1, 0.15) is 20.8 Å². The second-order valence-electron chi connectivity index (χ2n) is 4.17. The first-order valence-electron chi connectivity index (χ1n) is 5.56. The summed E-state index contributed by atoms with van der Waals surface area (Å²) in [4.78, 5) is 11.0. The maximum absolute atomic E-state index is 12.1. The van der Waals surface area contributed by atoms with Gasteiger partial charge in [0.2, 0.25) is 0 Å². The number of rotatable bonds is 6. The number of hydrogen-bond donors (Lipinski definition) is 2. The van der Waals surface area contributed by atoms with Gasteiger partial charge < -0.3 is 5.11 Å². The molecule has 1 atom stereocenters. The molecule has 0 aliphatic rings. The van der Waals surface area contributed by atoms with Crippen molar-refractivity contribution in [2.24, 2.45) is 5.92 Å². The van der Waals surface area contributed by atoms with Crippen LogP contribution >= 0.6 is 0 Å². The van der Waals surface area contributed by atoms with E-state index in [9.17, 15) is 13.2 Å². The van der Waals surface area contributed by atoms with Gasteiger partial charge in [0.25, 0.3) is 10.0 Å². The topological polar surface area (TPSA) is 101 Å². The van der Waals surface area contributed by atoms with Crippen molar-refractivity contribution in [1.29, 1.82) is 0 Å². The Hall–Kier alpha value is -1.41. The third kappa shape index (κ3) is 3.08. The van der Waals surface area contributed by atoms with Crippen LogP contribution in [0, 0.1) is 5.92 Å². The van der Waals surface area contributed by atoms with Crippen LogP contribution in [-0.2, 0) is 21.4 Å². The fourth-order valence-electron chi connectivity index (χ4n) is 1.49. The van der Waals surface area contributed by atoms with Gasteiger partial charge in [-0.1, -0.05) is 13.8 Å². The third-order valence-electron chi connectivity index (χ3n) is 2.47. The summed E-state index contributed by atoms with van der Waals surface area (Å²) in [6.45, 7) is 5.42. The number of aromatic nitrogens is 2. The molecular weight excluding hydrogens is 258 g/mol. The van der Waals surface area contributed by atoms with E-state index in [2.05, 4.69) is 9.82 Å². The van der Waals surface area contributed by atoms with Gasteiger partial charge in [-0.25, -0.2) is 8.42 Å². The Morgan fingerprint density at radius 1 is 1.56 bits per heavy atom. The SMILES string of the molecule is CCn1nccc1S(=O)(=O)NC(C(=O)O)C(C)C. The van der Waals surface area contributed by atoms with Crippen molar-refractivity contribution in [2.75, 3.05) is 0 Å². The number of aryl methyl sites for hydroxylation is 1. The molecule has 0 saturated heterocycles. The van der Waals surface area contributed by atoms with Gasteiger partial charge in [-0.15, -0.1) is 0 Å². The standard InChI is InChI=1S/C10H17N3O4S/c1-4-13-8(5-6-11-13)18(16,17)12-9(7(2)3)10(14)15/h5-7,9,12H,4H2,1-3H3,(H,14,15). The predicted octanol–water partition coefficient (Wildman–Crippen LogP) is 0.290. The zero-order valence-electron chi connectivity index (χ0n) is 10.5. The predicted molar refractivity (Wildman–Crippen MR) is 64.5 cm³/mol. The molecule has 7 nitrogen and oxygen atoms in total. The molecule has 1 aromatic heterocycles. The third-order valence-corrected chi connectivity index (χ3v) is 3.93. The van der Waals surface area contributed by atoms with E-state index in [0.29, 0.717) is 6.54 Å². The van der Waals surface area contributed by atoms with Crippen molar-refractivity contribution in [3.63, 3.8) is 0 Å². The Bertz CT molecular complexity index is 521. The molecule has 0 aliphatic carbocycles. The fourth-order valence-corrected chi connectivity index (χ4v) is 3.01. The fraction of sp³-hybridized carbons (Fsp3) is 0.600. The van der Waals surface area contributed by atoms with Gasteiger partial charge in [0.15, 0.2) is 5.03 Å². The van der Waals surface area contributed by atoms with Crippen molar-refractivity contribution in [3.05, 3.63) is 12.3 Å². The molecular formula is C10H17N3O4S. The Kier molecular flexibility index (Phi) is 4.47. The van der Waals surface area contributed by atoms with Gasteiger partial charge in [-0.05, 0) is 18.9 Å². The lowest BCUT2D eigenvalue weighted by atomic mass is 10.1. The average molecular weight is 275 g/mol. The van der Waals surface area contributed by atoms with Crippen LogP contribution in [0.15, 0.2) is 17.3 Å². The largest absolute Gasteiger partial charge is 0.480 e. The molecule has 1 unspecified atom stereocenters. The number of aliphatic carboxylic acids is 1. The van der Waals surface area contributed by atoms with Gasteiger partial charge in [-0.2, -0.15) is 9.82 Å². The van der Waals surface area contributed by atoms with Crippen LogP contribution in [0.3, 0.4) is 0 Å². The summed E-state index contributed by atoms with van der Waals surface area (Å²) >= 11 is 0. The number of carboxylic acids is 1. The molecule has 2 N–H and O–H groups in total. The van der Waals surface area contributed by atoms with E-state index in [1.54, 1.807) is 20.8 Å². The van der Waals surface area contributed by atoms with E-state index >= 15 is 0 Å². The Morgan fingerprint density at radius 3 is 2.61 bits per heavy atom. The number of carboxylic acid groups (broad SMARTS) is 1. The lowest BCUT2D eigenvalue weighted by Crippen LogP contribution is -2.44. The van der Waals surface area contributed by atoms with Gasteiger partial charge in [-0.3, -0.25) is 9.48 Å². The van der Waals surface area contributed by atoms with Crippen LogP contribution in [0.5, 0.6) is 0 Å². The second-order valence-corrected chi connectivity index (χ2v) is 5.83. The minimum Gasteiger partial charge on any atom is -0.480 e. The van der Waals surface area contributed by atoms with Crippen molar-refractivity contribution in [3.8, 4) is 0 Å². The van der Waals surface area contributed by atoms with Gasteiger partial charge in [0.1, 0.15) is 6.04 Å². The lowest BCUT2D eigenvalue weighted by Gasteiger charge is -2.18. The van der Waals surface area contributed by atoms with Crippen LogP contribution in [0.4, 0.5) is 0 Å². The summed E-state index contributed by atoms with van der Waals surface area (Å²) in [6, 6.07) is 0.181. The van der Waals surface area contributed by atoms with Crippen LogP contribution in [0.2, 0.25) is 0 Å². The molecule has 1 rings (SSSR count). The van der Waals surface area contributed by atoms with Gasteiger partial charge in [0.05, 0.1) is 6.20 Å². The Labute approximate surface area is 106 Å². The molecule has 0 fully saturated rings. The molecule has 1 aromatic rings. The van der Waals surface area contributed by atoms with Crippen LogP contribution in [-0.4, -0.2) is 35.3 Å². The molecule has 0 aromatic carbocycles. The summed E-state index contributed by atoms with van der Waals surface area (Å²) in [5, 5.41) is 12.8. The van der Waals surface area contributed by atoms with E-state index in [1.165, 1.54) is 16.9 Å². The smallest absolute Gasteiger partial charge is 0.322 e. The number of nitrogens with zero attached hydrogens (tertiary/aromatic N) is 2. The zero-order chi connectivity index (χ0) is 13.9. The van der Waals surface area contributed by atoms with Crippen molar-refractivity contribution < 1.29 is 18.3 Å². The summed E-state index contributed by atoms with van der Waals surface area (Å²) in [5.74, 6) is -1.55. The van der Waals surface area contributed by atoms with Gasteiger partial charge >= 0.3 is 5.97 Å². The van der Waals surface area contributed by atoms with E-state index in [-0.39, 0.29) is 10.9 Å². The minimum absolute atomic E-state index is 0.0306. The molecule has 0 amide bonds. The highest BCUT2D eigenvalue weighted by atomic mass is 32.2. The molecule has 0 saturated carbocycles. The molecule has 0 aliphatic heterocycles. The summed E-state index contributed by atoms with van der Waals surface area (Å²) in [6.07, 6.45) is 1.36. The van der Waals surface area contributed by atoms with Crippen LogP contribution < -0.4 is 4.72 Å². The second kappa shape index (κ2) is 5.49. The maximum atomic E-state index is 12.1. The number of carbonyl (C=O) groups is 1. The highest BCUT2D eigenvalue weighted by molar-refractivity contribution is 7.89. The summed E-state index contributed by atoms with van der Waals surface area (Å²) in [7, 11) is -3.88. The lowest BCUT2D eigenvalue weighted by molar-refractivity contribution is -0.140. The molecule has 0 spiro atoms. The molecule has 0 radical (unpaired) electrons. The molecule has 102 valence electrons. The Morgan fingerprint density at radius 2 is 2.17 bits per heavy atom.